The van der Waals surface area contributed by atoms with E-state index < -0.39 is 19.3 Å². The van der Waals surface area contributed by atoms with Crippen molar-refractivity contribution in [1.29, 1.82) is 0 Å². The second-order valence-electron chi connectivity index (χ2n) is 12.2. The lowest BCUT2D eigenvalue weighted by atomic mass is 9.97. The van der Waals surface area contributed by atoms with E-state index in [4.69, 9.17) is 18.9 Å². The fraction of sp³-hybridized carbons (Fsp3) is 0.643. The molecule has 2 atom stereocenters. The topological polar surface area (TPSA) is 71.1 Å². The zero-order valence-corrected chi connectivity index (χ0v) is 24.2. The highest BCUT2D eigenvalue weighted by atomic mass is 28.3. The summed E-state index contributed by atoms with van der Waals surface area (Å²) in [4.78, 5) is 25.1. The molecule has 1 aliphatic heterocycles. The molecule has 35 heavy (non-hydrogen) atoms. The summed E-state index contributed by atoms with van der Waals surface area (Å²) >= 11 is 0. The smallest absolute Gasteiger partial charge is 0.338 e. The molecule has 6 nitrogen and oxygen atoms in total. The van der Waals surface area contributed by atoms with Crippen molar-refractivity contribution in [2.75, 3.05) is 13.2 Å². The van der Waals surface area contributed by atoms with Gasteiger partial charge in [0.25, 0.3) is 0 Å². The fourth-order valence-electron chi connectivity index (χ4n) is 3.89. The Balaban J connectivity index is 2.13. The van der Waals surface area contributed by atoms with E-state index in [1.54, 1.807) is 0 Å². The summed E-state index contributed by atoms with van der Waals surface area (Å²) in [5.74, 6) is -1.32. The molecule has 7 heteroatoms. The van der Waals surface area contributed by atoms with Gasteiger partial charge in [0.2, 0.25) is 0 Å². The van der Waals surface area contributed by atoms with Crippen LogP contribution in [0, 0.1) is 19.3 Å². The van der Waals surface area contributed by atoms with Crippen molar-refractivity contribution in [1.82, 2.24) is 0 Å². The Morgan fingerprint density at radius 1 is 1.06 bits per heavy atom. The zero-order chi connectivity index (χ0) is 26.6. The van der Waals surface area contributed by atoms with E-state index in [0.29, 0.717) is 18.6 Å². The third-order valence-electron chi connectivity index (χ3n) is 5.74. The summed E-state index contributed by atoms with van der Waals surface area (Å²) in [7, 11) is -1.29. The molecule has 0 radical (unpaired) electrons. The molecular formula is C28H44O6Si. The van der Waals surface area contributed by atoms with E-state index in [2.05, 4.69) is 19.6 Å². The maximum atomic E-state index is 12.9. The van der Waals surface area contributed by atoms with Gasteiger partial charge in [-0.1, -0.05) is 49.5 Å². The van der Waals surface area contributed by atoms with E-state index in [0.717, 1.165) is 22.7 Å². The van der Waals surface area contributed by atoms with E-state index in [-0.39, 0.29) is 30.8 Å². The van der Waals surface area contributed by atoms with Crippen LogP contribution in [0.2, 0.25) is 25.7 Å². The highest BCUT2D eigenvalue weighted by Crippen LogP contribution is 2.31. The quantitative estimate of drug-likeness (QED) is 0.290. The van der Waals surface area contributed by atoms with Gasteiger partial charge in [0.1, 0.15) is 12.7 Å². The van der Waals surface area contributed by atoms with Gasteiger partial charge in [-0.25, -0.2) is 4.79 Å². The highest BCUT2D eigenvalue weighted by molar-refractivity contribution is 6.76. The van der Waals surface area contributed by atoms with E-state index in [1.807, 2.05) is 72.8 Å². The van der Waals surface area contributed by atoms with Crippen LogP contribution in [0.4, 0.5) is 0 Å². The Morgan fingerprint density at radius 3 is 2.29 bits per heavy atom. The molecule has 1 aromatic carbocycles. The molecular weight excluding hydrogens is 460 g/mol. The molecule has 2 rings (SSSR count). The molecule has 0 N–H and O–H groups in total. The molecule has 0 aliphatic carbocycles. The zero-order valence-electron chi connectivity index (χ0n) is 23.2. The van der Waals surface area contributed by atoms with Crippen LogP contribution in [-0.4, -0.2) is 51.2 Å². The van der Waals surface area contributed by atoms with Crippen molar-refractivity contribution in [3.8, 4) is 0 Å². The van der Waals surface area contributed by atoms with Crippen molar-refractivity contribution in [2.45, 2.75) is 98.6 Å². The third-order valence-corrected chi connectivity index (χ3v) is 7.45. The number of esters is 2. The number of rotatable bonds is 9. The standard InChI is InChI=1S/C28H44O6Si/c1-19-16-20(2)24(25(29)31-14-15-35(8,9)10)21(17-19)12-11-13-22-23(34-28(6,7)33-22)18-32-26(30)27(3,4)5/h11-12,16-17,22-23H,13-15,18H2,1-10H3/b12-11+. The maximum absolute atomic E-state index is 12.9. The predicted octanol–water partition coefficient (Wildman–Crippen LogP) is 6.31. The number of hydrogen-bond acceptors (Lipinski definition) is 6. The van der Waals surface area contributed by atoms with Crippen molar-refractivity contribution in [3.63, 3.8) is 0 Å². The molecule has 1 heterocycles. The minimum atomic E-state index is -1.29. The predicted molar refractivity (Wildman–Crippen MR) is 142 cm³/mol. The first-order valence-corrected chi connectivity index (χ1v) is 16.2. The van der Waals surface area contributed by atoms with Crippen LogP contribution in [0.25, 0.3) is 6.08 Å². The van der Waals surface area contributed by atoms with Gasteiger partial charge in [0, 0.05) is 8.07 Å². The van der Waals surface area contributed by atoms with Crippen LogP contribution in [0.5, 0.6) is 0 Å². The molecule has 1 aromatic rings. The summed E-state index contributed by atoms with van der Waals surface area (Å²) in [6, 6.07) is 4.93. The lowest BCUT2D eigenvalue weighted by Gasteiger charge is -2.20. The molecule has 0 bridgehead atoms. The van der Waals surface area contributed by atoms with Crippen molar-refractivity contribution in [2.24, 2.45) is 5.41 Å². The van der Waals surface area contributed by atoms with Crippen LogP contribution in [0.1, 0.15) is 68.1 Å². The summed E-state index contributed by atoms with van der Waals surface area (Å²) in [5.41, 5.74) is 2.83. The van der Waals surface area contributed by atoms with Gasteiger partial charge in [-0.3, -0.25) is 4.79 Å². The molecule has 1 aliphatic rings. The van der Waals surface area contributed by atoms with Crippen molar-refractivity contribution >= 4 is 26.1 Å². The summed E-state index contributed by atoms with van der Waals surface area (Å²) in [6.45, 7) is 20.5. The van der Waals surface area contributed by atoms with E-state index in [1.165, 1.54) is 0 Å². The van der Waals surface area contributed by atoms with E-state index in [9.17, 15) is 9.59 Å². The van der Waals surface area contributed by atoms with Crippen LogP contribution in [-0.2, 0) is 23.7 Å². The van der Waals surface area contributed by atoms with Gasteiger partial charge in [-0.15, -0.1) is 0 Å². The van der Waals surface area contributed by atoms with Crippen molar-refractivity contribution < 1.29 is 28.5 Å². The number of benzene rings is 1. The number of aryl methyl sites for hydroxylation is 2. The Hall–Kier alpha value is -1.96. The Bertz CT molecular complexity index is 936. The van der Waals surface area contributed by atoms with Crippen molar-refractivity contribution in [3.05, 3.63) is 40.5 Å². The average Bonchev–Trinajstić information content (AvgIpc) is 2.97. The lowest BCUT2D eigenvalue weighted by molar-refractivity contribution is -0.165. The molecule has 0 aromatic heterocycles. The number of carbonyl (C=O) groups excluding carboxylic acids is 2. The van der Waals surface area contributed by atoms with Gasteiger partial charge in [0.05, 0.1) is 23.7 Å². The highest BCUT2D eigenvalue weighted by Gasteiger charge is 2.41. The van der Waals surface area contributed by atoms with Crippen LogP contribution in [0.3, 0.4) is 0 Å². The second-order valence-corrected chi connectivity index (χ2v) is 17.8. The van der Waals surface area contributed by atoms with E-state index >= 15 is 0 Å². The second kappa shape index (κ2) is 11.4. The Labute approximate surface area is 212 Å². The number of hydrogen-bond donors (Lipinski definition) is 0. The third kappa shape index (κ3) is 9.20. The normalized spacial score (nSPS) is 20.3. The molecule has 196 valence electrons. The molecule has 0 spiro atoms. The van der Waals surface area contributed by atoms with Gasteiger partial charge in [0.15, 0.2) is 5.79 Å². The summed E-state index contributed by atoms with van der Waals surface area (Å²) in [6.07, 6.45) is 3.85. The van der Waals surface area contributed by atoms with Gasteiger partial charge in [-0.2, -0.15) is 0 Å². The monoisotopic (exact) mass is 504 g/mol. The first-order valence-electron chi connectivity index (χ1n) is 12.5. The number of carbonyl (C=O) groups is 2. The van der Waals surface area contributed by atoms with Gasteiger partial charge < -0.3 is 18.9 Å². The van der Waals surface area contributed by atoms with Gasteiger partial charge >= 0.3 is 11.9 Å². The maximum Gasteiger partial charge on any atom is 0.338 e. The first-order chi connectivity index (χ1) is 16.0. The first kappa shape index (κ1) is 29.3. The largest absolute Gasteiger partial charge is 0.462 e. The molecule has 0 amide bonds. The molecule has 0 saturated carbocycles. The number of ether oxygens (including phenoxy) is 4. The van der Waals surface area contributed by atoms with Crippen LogP contribution >= 0.6 is 0 Å². The minimum Gasteiger partial charge on any atom is -0.462 e. The molecule has 1 saturated heterocycles. The van der Waals surface area contributed by atoms with Gasteiger partial charge in [-0.05, 0) is 72.1 Å². The van der Waals surface area contributed by atoms with Crippen LogP contribution in [0.15, 0.2) is 18.2 Å². The Kier molecular flexibility index (Phi) is 9.53. The fourth-order valence-corrected chi connectivity index (χ4v) is 4.60. The Morgan fingerprint density at radius 2 is 1.69 bits per heavy atom. The average molecular weight is 505 g/mol. The lowest BCUT2D eigenvalue weighted by Crippen LogP contribution is -2.32. The van der Waals surface area contributed by atoms with Crippen LogP contribution < -0.4 is 0 Å². The SMILES string of the molecule is Cc1cc(C)c(C(=O)OCC[Si](C)(C)C)c(/C=C/CC2OC(C)(C)OC2COC(=O)C(C)(C)C)c1. The summed E-state index contributed by atoms with van der Waals surface area (Å²) < 4.78 is 23.2. The summed E-state index contributed by atoms with van der Waals surface area (Å²) in [5, 5.41) is 0. The molecule has 2 unspecified atom stereocenters. The molecule has 1 fully saturated rings. The minimum absolute atomic E-state index is 0.135.